The van der Waals surface area contributed by atoms with E-state index in [2.05, 4.69) is 146 Å². The van der Waals surface area contributed by atoms with Crippen LogP contribution in [0, 0.1) is 0 Å². The Labute approximate surface area is 331 Å². The molecule has 2 amide bonds. The molecule has 0 aliphatic rings. The van der Waals surface area contributed by atoms with E-state index in [9.17, 15) is 9.59 Å². The van der Waals surface area contributed by atoms with E-state index in [0.717, 1.165) is 40.6 Å². The first-order valence-electron chi connectivity index (χ1n) is 18.7. The van der Waals surface area contributed by atoms with E-state index in [1.54, 1.807) is 0 Å². The Hall–Kier alpha value is -3.47. The zero-order valence-electron chi connectivity index (χ0n) is 32.0. The summed E-state index contributed by atoms with van der Waals surface area (Å²) in [7, 11) is 4.26. The third kappa shape index (κ3) is 15.4. The van der Waals surface area contributed by atoms with Gasteiger partial charge in [-0.05, 0) is 47.8 Å². The maximum absolute atomic E-state index is 13.1. The highest BCUT2D eigenvalue weighted by atomic mass is 79.9. The summed E-state index contributed by atoms with van der Waals surface area (Å²) < 4.78 is 12.0. The first-order chi connectivity index (χ1) is 25.8. The molecule has 1 unspecified atom stereocenters. The molecule has 0 spiro atoms. The number of alkyl halides is 1. The molecule has 0 aliphatic carbocycles. The van der Waals surface area contributed by atoms with Gasteiger partial charge in [-0.25, -0.2) is 0 Å². The molecule has 53 heavy (non-hydrogen) atoms. The van der Waals surface area contributed by atoms with Gasteiger partial charge in [0, 0.05) is 18.4 Å². The first-order valence-corrected chi connectivity index (χ1v) is 20.8. The van der Waals surface area contributed by atoms with Crippen LogP contribution in [0.5, 0.6) is 0 Å². The van der Waals surface area contributed by atoms with Crippen LogP contribution in [-0.4, -0.2) is 93.6 Å². The zero-order valence-corrected chi connectivity index (χ0v) is 34.4. The Kier molecular flexibility index (Phi) is 20.5. The number of hydrogen-bond donors (Lipinski definition) is 2. The molecule has 4 aromatic carbocycles. The van der Waals surface area contributed by atoms with Gasteiger partial charge >= 0.3 is 0 Å². The Morgan fingerprint density at radius 1 is 0.755 bits per heavy atom. The summed E-state index contributed by atoms with van der Waals surface area (Å²) in [6.07, 6.45) is 2.51. The minimum Gasteiger partial charge on any atom is -0.379 e. The van der Waals surface area contributed by atoms with Gasteiger partial charge in [-0.1, -0.05) is 144 Å². The molecule has 1 atom stereocenters. The standard InChI is InChI=1S/C41H51N3O4S.C3H7Br/c1-4-44(2,3)27-26-42-40(46)38(32-34-18-9-5-10-19-34)43-39(45)33-48-30-29-47-28-17-31-49-41(35-20-11-6-12-21-35,36-22-13-7-14-23-36)37-24-15-8-16-25-37;1-2-3-4/h5-16,18-25,38H,4,17,26-33H2,1-3H3,(H-,42,43,45,46);2-3H2,1H3/p+1. The van der Waals surface area contributed by atoms with Crippen molar-refractivity contribution in [3.8, 4) is 0 Å². The first kappa shape index (κ1) is 43.9. The fourth-order valence-electron chi connectivity index (χ4n) is 5.60. The monoisotopic (exact) mass is 804 g/mol. The van der Waals surface area contributed by atoms with E-state index in [-0.39, 0.29) is 23.2 Å². The summed E-state index contributed by atoms with van der Waals surface area (Å²) in [6, 6.07) is 41.1. The third-order valence-corrected chi connectivity index (χ3v) is 11.3. The molecule has 9 heteroatoms. The molecule has 0 saturated heterocycles. The molecule has 0 fully saturated rings. The number of amides is 2. The van der Waals surface area contributed by atoms with Crippen LogP contribution in [-0.2, 0) is 30.2 Å². The van der Waals surface area contributed by atoms with E-state index < -0.39 is 6.04 Å². The Bertz CT molecular complexity index is 1460. The van der Waals surface area contributed by atoms with Crippen molar-refractivity contribution >= 4 is 39.5 Å². The van der Waals surface area contributed by atoms with Crippen LogP contribution >= 0.6 is 27.7 Å². The summed E-state index contributed by atoms with van der Waals surface area (Å²) in [5.74, 6) is 0.378. The molecular formula is C44H59BrN3O4S+. The second-order valence-electron chi connectivity index (χ2n) is 13.4. The molecule has 0 bridgehead atoms. The van der Waals surface area contributed by atoms with Gasteiger partial charge in [0.15, 0.2) is 0 Å². The predicted molar refractivity (Wildman–Crippen MR) is 225 cm³/mol. The lowest BCUT2D eigenvalue weighted by atomic mass is 9.84. The molecule has 4 rings (SSSR count). The Balaban J connectivity index is 0.00000180. The van der Waals surface area contributed by atoms with Crippen molar-refractivity contribution in [2.75, 3.05) is 71.2 Å². The number of ether oxygens (including phenoxy) is 2. The van der Waals surface area contributed by atoms with Crippen molar-refractivity contribution in [2.45, 2.75) is 43.9 Å². The second-order valence-corrected chi connectivity index (χ2v) is 15.5. The highest BCUT2D eigenvalue weighted by Gasteiger charge is 2.36. The highest BCUT2D eigenvalue weighted by molar-refractivity contribution is 9.09. The number of thioether (sulfide) groups is 1. The van der Waals surface area contributed by atoms with E-state index in [1.165, 1.54) is 23.1 Å². The van der Waals surface area contributed by atoms with E-state index in [4.69, 9.17) is 9.47 Å². The van der Waals surface area contributed by atoms with Gasteiger partial charge in [0.25, 0.3) is 0 Å². The molecule has 0 aliphatic heterocycles. The maximum atomic E-state index is 13.1. The molecule has 286 valence electrons. The molecule has 2 N–H and O–H groups in total. The van der Waals surface area contributed by atoms with E-state index >= 15 is 0 Å². The SMILES string of the molecule is CCCBr.CC[N+](C)(C)CCNC(=O)C(Cc1ccccc1)NC(=O)COCCOCCCSC(c1ccccc1)(c1ccccc1)c1ccccc1. The van der Waals surface area contributed by atoms with Crippen LogP contribution < -0.4 is 10.6 Å². The predicted octanol–water partition coefficient (Wildman–Crippen LogP) is 7.87. The quantitative estimate of drug-likeness (QED) is 0.0366. The van der Waals surface area contributed by atoms with Gasteiger partial charge in [0.1, 0.15) is 12.6 Å². The van der Waals surface area contributed by atoms with Crippen LogP contribution in [0.25, 0.3) is 0 Å². The number of quaternary nitrogens is 1. The second kappa shape index (κ2) is 24.8. The number of halogens is 1. The van der Waals surface area contributed by atoms with Crippen molar-refractivity contribution in [1.82, 2.24) is 10.6 Å². The van der Waals surface area contributed by atoms with Crippen molar-refractivity contribution < 1.29 is 23.5 Å². The van der Waals surface area contributed by atoms with Crippen LogP contribution in [0.4, 0.5) is 0 Å². The normalized spacial score (nSPS) is 11.9. The van der Waals surface area contributed by atoms with Gasteiger partial charge in [-0.2, -0.15) is 0 Å². The van der Waals surface area contributed by atoms with Gasteiger partial charge in [0.2, 0.25) is 11.8 Å². The lowest BCUT2D eigenvalue weighted by Crippen LogP contribution is -2.51. The van der Waals surface area contributed by atoms with Gasteiger partial charge in [-0.15, -0.1) is 11.8 Å². The largest absolute Gasteiger partial charge is 0.379 e. The third-order valence-electron chi connectivity index (χ3n) is 8.89. The summed E-state index contributed by atoms with van der Waals surface area (Å²) in [4.78, 5) is 25.9. The molecule has 0 radical (unpaired) electrons. The van der Waals surface area contributed by atoms with Crippen molar-refractivity contribution in [2.24, 2.45) is 0 Å². The summed E-state index contributed by atoms with van der Waals surface area (Å²) in [5.41, 5.74) is 4.71. The van der Waals surface area contributed by atoms with Crippen molar-refractivity contribution in [3.63, 3.8) is 0 Å². The molecule has 7 nitrogen and oxygen atoms in total. The molecular weight excluding hydrogens is 746 g/mol. The number of benzene rings is 4. The summed E-state index contributed by atoms with van der Waals surface area (Å²) in [6.45, 7) is 7.71. The van der Waals surface area contributed by atoms with Crippen molar-refractivity contribution in [3.05, 3.63) is 144 Å². The zero-order chi connectivity index (χ0) is 38.2. The smallest absolute Gasteiger partial charge is 0.246 e. The maximum Gasteiger partial charge on any atom is 0.246 e. The highest BCUT2D eigenvalue weighted by Crippen LogP contribution is 2.48. The number of nitrogens with zero attached hydrogens (tertiary/aromatic N) is 1. The topological polar surface area (TPSA) is 76.7 Å². The number of nitrogens with one attached hydrogen (secondary N) is 2. The number of rotatable bonds is 22. The molecule has 0 heterocycles. The lowest BCUT2D eigenvalue weighted by Gasteiger charge is -2.35. The fourth-order valence-corrected chi connectivity index (χ4v) is 7.07. The van der Waals surface area contributed by atoms with Crippen LogP contribution in [0.2, 0.25) is 0 Å². The van der Waals surface area contributed by atoms with Gasteiger partial charge in [-0.3, -0.25) is 9.59 Å². The number of carbonyl (C=O) groups excluding carboxylic acids is 2. The van der Waals surface area contributed by atoms with Crippen molar-refractivity contribution in [1.29, 1.82) is 0 Å². The van der Waals surface area contributed by atoms with Crippen LogP contribution in [0.3, 0.4) is 0 Å². The summed E-state index contributed by atoms with van der Waals surface area (Å²) in [5, 5.41) is 7.01. The Morgan fingerprint density at radius 3 is 1.74 bits per heavy atom. The fraction of sp³-hybridized carbons (Fsp3) is 0.409. The molecule has 0 aromatic heterocycles. The van der Waals surface area contributed by atoms with E-state index in [0.29, 0.717) is 32.8 Å². The average Bonchev–Trinajstić information content (AvgIpc) is 3.20. The summed E-state index contributed by atoms with van der Waals surface area (Å²) >= 11 is 5.17. The van der Waals surface area contributed by atoms with Crippen LogP contribution in [0.15, 0.2) is 121 Å². The number of carbonyl (C=O) groups is 2. The van der Waals surface area contributed by atoms with Gasteiger partial charge in [0.05, 0.1) is 51.7 Å². The molecule has 0 saturated carbocycles. The lowest BCUT2D eigenvalue weighted by molar-refractivity contribution is -0.887. The minimum atomic E-state index is -0.681. The number of likely N-dealkylation sites (N-methyl/N-ethyl adjacent to an activating group) is 1. The minimum absolute atomic E-state index is 0.134. The molecule has 4 aromatic rings. The number of hydrogen-bond acceptors (Lipinski definition) is 5. The average molecular weight is 806 g/mol. The van der Waals surface area contributed by atoms with E-state index in [1.807, 2.05) is 42.1 Å². The van der Waals surface area contributed by atoms with Crippen LogP contribution in [0.1, 0.15) is 48.9 Å². The van der Waals surface area contributed by atoms with Gasteiger partial charge < -0.3 is 24.6 Å². The Morgan fingerprint density at radius 2 is 1.25 bits per heavy atom.